The van der Waals surface area contributed by atoms with Gasteiger partial charge in [0.2, 0.25) is 17.7 Å². The summed E-state index contributed by atoms with van der Waals surface area (Å²) < 4.78 is 5.25. The van der Waals surface area contributed by atoms with Gasteiger partial charge in [0.1, 0.15) is 23.6 Å². The molecule has 0 aliphatic heterocycles. The van der Waals surface area contributed by atoms with Gasteiger partial charge in [0.25, 0.3) is 0 Å². The molecule has 0 saturated heterocycles. The number of aliphatic hydroxyl groups is 1. The van der Waals surface area contributed by atoms with Crippen LogP contribution in [0.5, 0.6) is 11.5 Å². The van der Waals surface area contributed by atoms with Gasteiger partial charge in [-0.3, -0.25) is 14.4 Å². The van der Waals surface area contributed by atoms with Crippen molar-refractivity contribution in [2.45, 2.75) is 51.2 Å². The maximum atomic E-state index is 13.8. The molecule has 0 heterocycles. The molecule has 4 aromatic carbocycles. The Balaban J connectivity index is 1.49. The van der Waals surface area contributed by atoms with Crippen molar-refractivity contribution in [3.63, 3.8) is 0 Å². The second-order valence-corrected chi connectivity index (χ2v) is 11.5. The van der Waals surface area contributed by atoms with E-state index in [1.807, 2.05) is 68.4 Å². The molecule has 9 heteroatoms. The number of amides is 3. The second kappa shape index (κ2) is 15.7. The molecule has 9 nitrogen and oxygen atoms in total. The molecule has 0 aromatic heterocycles. The molecule has 0 unspecified atom stereocenters. The van der Waals surface area contributed by atoms with Crippen molar-refractivity contribution in [3.05, 3.63) is 108 Å². The quantitative estimate of drug-likeness (QED) is 0.148. The van der Waals surface area contributed by atoms with E-state index in [9.17, 15) is 24.6 Å². The summed E-state index contributed by atoms with van der Waals surface area (Å²) >= 11 is 0. The molecular weight excluding hydrogens is 570 g/mol. The minimum atomic E-state index is -0.958. The normalized spacial score (nSPS) is 13.1. The zero-order valence-electron chi connectivity index (χ0n) is 25.8. The van der Waals surface area contributed by atoms with Crippen LogP contribution in [0.15, 0.2) is 91.0 Å². The highest BCUT2D eigenvalue weighted by Gasteiger charge is 2.30. The Morgan fingerprint density at radius 2 is 1.40 bits per heavy atom. The second-order valence-electron chi connectivity index (χ2n) is 11.5. The number of fused-ring (bicyclic) bond motifs is 1. The van der Waals surface area contributed by atoms with Gasteiger partial charge < -0.3 is 30.9 Å². The fourth-order valence-corrected chi connectivity index (χ4v) is 5.23. The molecular formula is C36H41N3O6. The lowest BCUT2D eigenvalue weighted by Gasteiger charge is -2.27. The molecule has 0 aliphatic rings. The Kier molecular flexibility index (Phi) is 11.5. The van der Waals surface area contributed by atoms with Crippen molar-refractivity contribution >= 4 is 28.5 Å². The highest BCUT2D eigenvalue weighted by Crippen LogP contribution is 2.19. The number of hydrogen-bond donors (Lipinski definition) is 5. The summed E-state index contributed by atoms with van der Waals surface area (Å²) in [7, 11) is 1.57. The van der Waals surface area contributed by atoms with E-state index in [1.54, 1.807) is 43.5 Å². The molecule has 4 aromatic rings. The summed E-state index contributed by atoms with van der Waals surface area (Å²) in [5.41, 5.74) is 2.48. The Hall–Kier alpha value is -4.89. The maximum absolute atomic E-state index is 13.8. The van der Waals surface area contributed by atoms with Crippen LogP contribution in [0.2, 0.25) is 0 Å². The number of phenolic OH excluding ortho intramolecular Hbond substituents is 1. The number of carbonyl (C=O) groups is 3. The van der Waals surface area contributed by atoms with Gasteiger partial charge in [-0.1, -0.05) is 80.6 Å². The maximum Gasteiger partial charge on any atom is 0.243 e. The van der Waals surface area contributed by atoms with Gasteiger partial charge >= 0.3 is 0 Å². The van der Waals surface area contributed by atoms with Crippen molar-refractivity contribution in [2.75, 3.05) is 13.7 Å². The predicted molar refractivity (Wildman–Crippen MR) is 174 cm³/mol. The number of aliphatic hydroxyl groups excluding tert-OH is 1. The first kappa shape index (κ1) is 33.0. The SMILES string of the molecule is COc1ccc(C[C@H](NC(=O)Cc2cccc3ccccc23)C(=O)N[C@H](C(=O)N[C@H](CO)Cc2ccc(O)cc2)C(C)C)cc1. The third-order valence-electron chi connectivity index (χ3n) is 7.71. The summed E-state index contributed by atoms with van der Waals surface area (Å²) in [6.07, 6.45) is 0.618. The molecule has 4 rings (SSSR count). The van der Waals surface area contributed by atoms with E-state index in [4.69, 9.17) is 4.74 Å². The third-order valence-corrected chi connectivity index (χ3v) is 7.71. The van der Waals surface area contributed by atoms with Crippen molar-refractivity contribution in [2.24, 2.45) is 5.92 Å². The van der Waals surface area contributed by atoms with Gasteiger partial charge in [-0.15, -0.1) is 0 Å². The molecule has 5 N–H and O–H groups in total. The molecule has 0 bridgehead atoms. The lowest BCUT2D eigenvalue weighted by Crippen LogP contribution is -2.57. The first-order valence-corrected chi connectivity index (χ1v) is 15.0. The van der Waals surface area contributed by atoms with Gasteiger partial charge in [0.15, 0.2) is 0 Å². The van der Waals surface area contributed by atoms with E-state index in [-0.39, 0.29) is 37.0 Å². The third kappa shape index (κ3) is 9.30. The van der Waals surface area contributed by atoms with Crippen LogP contribution in [0, 0.1) is 5.92 Å². The van der Waals surface area contributed by atoms with Gasteiger partial charge in [-0.05, 0) is 64.1 Å². The van der Waals surface area contributed by atoms with E-state index in [0.29, 0.717) is 12.2 Å². The van der Waals surface area contributed by atoms with Crippen LogP contribution in [0.25, 0.3) is 10.8 Å². The van der Waals surface area contributed by atoms with E-state index in [1.165, 1.54) is 0 Å². The van der Waals surface area contributed by atoms with Crippen LogP contribution in [0.1, 0.15) is 30.5 Å². The molecule has 236 valence electrons. The summed E-state index contributed by atoms with van der Waals surface area (Å²) in [6.45, 7) is 3.32. The lowest BCUT2D eigenvalue weighted by atomic mass is 9.99. The number of carbonyl (C=O) groups excluding carboxylic acids is 3. The Labute approximate surface area is 263 Å². The highest BCUT2D eigenvalue weighted by atomic mass is 16.5. The number of phenols is 1. The van der Waals surface area contributed by atoms with Crippen LogP contribution in [-0.2, 0) is 33.6 Å². The number of rotatable bonds is 14. The number of hydrogen-bond acceptors (Lipinski definition) is 6. The van der Waals surface area contributed by atoms with Gasteiger partial charge in [0, 0.05) is 6.42 Å². The van der Waals surface area contributed by atoms with Crippen molar-refractivity contribution in [1.29, 1.82) is 0 Å². The van der Waals surface area contributed by atoms with E-state index >= 15 is 0 Å². The largest absolute Gasteiger partial charge is 0.508 e. The molecule has 0 fully saturated rings. The first-order chi connectivity index (χ1) is 21.7. The van der Waals surface area contributed by atoms with Crippen LogP contribution in [0.3, 0.4) is 0 Å². The van der Waals surface area contributed by atoms with Crippen LogP contribution >= 0.6 is 0 Å². The van der Waals surface area contributed by atoms with Crippen LogP contribution < -0.4 is 20.7 Å². The Morgan fingerprint density at radius 1 is 0.756 bits per heavy atom. The minimum Gasteiger partial charge on any atom is -0.508 e. The molecule has 45 heavy (non-hydrogen) atoms. The molecule has 0 radical (unpaired) electrons. The molecule has 3 amide bonds. The number of benzene rings is 4. The molecule has 3 atom stereocenters. The predicted octanol–water partition coefficient (Wildman–Crippen LogP) is 3.68. The zero-order chi connectivity index (χ0) is 32.3. The summed E-state index contributed by atoms with van der Waals surface area (Å²) in [5, 5.41) is 30.1. The van der Waals surface area contributed by atoms with Gasteiger partial charge in [-0.25, -0.2) is 0 Å². The summed E-state index contributed by atoms with van der Waals surface area (Å²) in [5.74, 6) is -0.748. The zero-order valence-corrected chi connectivity index (χ0v) is 25.8. The number of aromatic hydroxyl groups is 1. The molecule has 0 spiro atoms. The number of ether oxygens (including phenoxy) is 1. The van der Waals surface area contributed by atoms with Gasteiger partial charge in [-0.2, -0.15) is 0 Å². The first-order valence-electron chi connectivity index (χ1n) is 15.0. The smallest absolute Gasteiger partial charge is 0.243 e. The lowest BCUT2D eigenvalue weighted by molar-refractivity contribution is -0.133. The van der Waals surface area contributed by atoms with Crippen molar-refractivity contribution < 1.29 is 29.3 Å². The summed E-state index contributed by atoms with van der Waals surface area (Å²) in [6, 6.07) is 24.9. The fraction of sp³-hybridized carbons (Fsp3) is 0.306. The average molecular weight is 612 g/mol. The Bertz CT molecular complexity index is 1580. The minimum absolute atomic E-state index is 0.0806. The van der Waals surface area contributed by atoms with Crippen LogP contribution in [0.4, 0.5) is 0 Å². The van der Waals surface area contributed by atoms with Crippen molar-refractivity contribution in [1.82, 2.24) is 16.0 Å². The highest BCUT2D eigenvalue weighted by molar-refractivity contribution is 5.94. The van der Waals surface area contributed by atoms with E-state index in [0.717, 1.165) is 27.5 Å². The standard InChI is InChI=1S/C36H41N3O6/c1-23(2)34(36(44)37-28(22-40)19-24-11-15-29(41)16-12-24)39-35(43)32(20-25-13-17-30(45-3)18-14-25)38-33(42)21-27-9-6-8-26-7-4-5-10-31(26)27/h4-18,23,28,32,34,40-41H,19-22H2,1-3H3,(H,37,44)(H,38,42)(H,39,43)/t28-,32-,34-/m0/s1. The van der Waals surface area contributed by atoms with Crippen LogP contribution in [-0.4, -0.2) is 59.8 Å². The van der Waals surface area contributed by atoms with Crippen molar-refractivity contribution in [3.8, 4) is 11.5 Å². The molecule has 0 saturated carbocycles. The average Bonchev–Trinajstić information content (AvgIpc) is 3.04. The fourth-order valence-electron chi connectivity index (χ4n) is 5.23. The van der Waals surface area contributed by atoms with E-state index in [2.05, 4.69) is 16.0 Å². The van der Waals surface area contributed by atoms with E-state index < -0.39 is 29.9 Å². The van der Waals surface area contributed by atoms with Gasteiger partial charge in [0.05, 0.1) is 26.2 Å². The monoisotopic (exact) mass is 611 g/mol. The topological polar surface area (TPSA) is 137 Å². The summed E-state index contributed by atoms with van der Waals surface area (Å²) in [4.78, 5) is 40.5. The molecule has 0 aliphatic carbocycles. The number of nitrogens with one attached hydrogen (secondary N) is 3. The Morgan fingerprint density at radius 3 is 2.07 bits per heavy atom. The number of methoxy groups -OCH3 is 1.